The van der Waals surface area contributed by atoms with Gasteiger partial charge in [0.2, 0.25) is 5.91 Å². The average Bonchev–Trinajstić information content (AvgIpc) is 2.22. The van der Waals surface area contributed by atoms with Gasteiger partial charge in [0.1, 0.15) is 0 Å². The van der Waals surface area contributed by atoms with Gasteiger partial charge in [-0.3, -0.25) is 9.59 Å². The Hall–Kier alpha value is -0.770. The van der Waals surface area contributed by atoms with E-state index in [1.54, 1.807) is 7.05 Å². The molecule has 0 spiro atoms. The van der Waals surface area contributed by atoms with Gasteiger partial charge in [0.05, 0.1) is 5.41 Å². The zero-order valence-corrected chi connectivity index (χ0v) is 10.7. The van der Waals surface area contributed by atoms with Gasteiger partial charge >= 0.3 is 0 Å². The predicted molar refractivity (Wildman–Crippen MR) is 67.3 cm³/mol. The minimum absolute atomic E-state index is 0.0424. The van der Waals surface area contributed by atoms with Crippen molar-refractivity contribution in [3.63, 3.8) is 0 Å². The normalized spacial score (nSPS) is 32.3. The highest BCUT2D eigenvalue weighted by atomic mass is 32.1. The van der Waals surface area contributed by atoms with Crippen molar-refractivity contribution in [2.45, 2.75) is 32.6 Å². The van der Waals surface area contributed by atoms with Crippen LogP contribution in [0.2, 0.25) is 0 Å². The summed E-state index contributed by atoms with van der Waals surface area (Å²) in [5.41, 5.74) is -0.462. The molecule has 0 fully saturated rings. The second kappa shape index (κ2) is 5.53. The monoisotopic (exact) mass is 241 g/mol. The minimum atomic E-state index is -0.462. The van der Waals surface area contributed by atoms with Crippen molar-refractivity contribution in [2.24, 2.45) is 11.3 Å². The van der Waals surface area contributed by atoms with Gasteiger partial charge in [-0.05, 0) is 26.2 Å². The number of hydrogen-bond donors (Lipinski definition) is 2. The molecule has 1 aliphatic carbocycles. The van der Waals surface area contributed by atoms with E-state index in [1.807, 2.05) is 19.1 Å². The van der Waals surface area contributed by atoms with Crippen molar-refractivity contribution >= 4 is 23.7 Å². The van der Waals surface area contributed by atoms with Gasteiger partial charge < -0.3 is 5.32 Å². The SMILES string of the molecule is CNC(=O)C1C/C=C/C(C)(C(=O)S)CCC1. The summed E-state index contributed by atoms with van der Waals surface area (Å²) in [6, 6.07) is 0. The maximum absolute atomic E-state index is 11.5. The molecule has 3 nitrogen and oxygen atoms in total. The number of amides is 1. The van der Waals surface area contributed by atoms with Crippen LogP contribution in [0.4, 0.5) is 0 Å². The molecule has 90 valence electrons. The molecule has 1 N–H and O–H groups in total. The molecule has 0 aromatic rings. The molecule has 1 aliphatic rings. The number of rotatable bonds is 2. The van der Waals surface area contributed by atoms with E-state index in [9.17, 15) is 9.59 Å². The Bertz CT molecular complexity index is 314. The van der Waals surface area contributed by atoms with Gasteiger partial charge in [-0.2, -0.15) is 0 Å². The van der Waals surface area contributed by atoms with Gasteiger partial charge in [0.25, 0.3) is 0 Å². The topological polar surface area (TPSA) is 46.2 Å². The van der Waals surface area contributed by atoms with E-state index in [4.69, 9.17) is 0 Å². The van der Waals surface area contributed by atoms with Crippen LogP contribution < -0.4 is 5.32 Å². The number of hydrogen-bond acceptors (Lipinski definition) is 2. The van der Waals surface area contributed by atoms with E-state index < -0.39 is 5.41 Å². The fourth-order valence-electron chi connectivity index (χ4n) is 2.03. The van der Waals surface area contributed by atoms with Crippen molar-refractivity contribution in [3.05, 3.63) is 12.2 Å². The molecular formula is C12H19NO2S. The first kappa shape index (κ1) is 13.3. The van der Waals surface area contributed by atoms with Crippen LogP contribution in [0.1, 0.15) is 32.6 Å². The van der Waals surface area contributed by atoms with E-state index in [0.717, 1.165) is 19.3 Å². The van der Waals surface area contributed by atoms with E-state index >= 15 is 0 Å². The summed E-state index contributed by atoms with van der Waals surface area (Å²) in [6.45, 7) is 1.90. The third-order valence-corrected chi connectivity index (χ3v) is 3.77. The predicted octanol–water partition coefficient (Wildman–Crippen LogP) is 1.94. The van der Waals surface area contributed by atoms with Crippen LogP contribution in [0.3, 0.4) is 0 Å². The lowest BCUT2D eigenvalue weighted by Gasteiger charge is -2.25. The molecule has 0 radical (unpaired) electrons. The second-order valence-corrected chi connectivity index (χ2v) is 4.97. The highest BCUT2D eigenvalue weighted by molar-refractivity contribution is 7.96. The molecule has 1 amide bonds. The molecule has 0 saturated carbocycles. The molecular weight excluding hydrogens is 222 g/mol. The third kappa shape index (κ3) is 3.11. The van der Waals surface area contributed by atoms with Crippen molar-refractivity contribution in [1.82, 2.24) is 5.32 Å². The van der Waals surface area contributed by atoms with Crippen molar-refractivity contribution in [1.29, 1.82) is 0 Å². The summed E-state index contributed by atoms with van der Waals surface area (Å²) in [4.78, 5) is 22.9. The Morgan fingerprint density at radius 2 is 2.19 bits per heavy atom. The number of thiol groups is 1. The molecule has 0 bridgehead atoms. The van der Waals surface area contributed by atoms with Crippen LogP contribution >= 0.6 is 12.6 Å². The van der Waals surface area contributed by atoms with Crippen LogP contribution in [-0.2, 0) is 9.59 Å². The lowest BCUT2D eigenvalue weighted by molar-refractivity contribution is -0.124. The van der Waals surface area contributed by atoms with Crippen LogP contribution in [-0.4, -0.2) is 18.1 Å². The quantitative estimate of drug-likeness (QED) is 0.573. The molecule has 1 rings (SSSR count). The number of carbonyl (C=O) groups excluding carboxylic acids is 2. The fourth-order valence-corrected chi connectivity index (χ4v) is 2.22. The van der Waals surface area contributed by atoms with Crippen molar-refractivity contribution in [3.8, 4) is 0 Å². The summed E-state index contributed by atoms with van der Waals surface area (Å²) in [6.07, 6.45) is 7.02. The summed E-state index contributed by atoms with van der Waals surface area (Å²) in [5.74, 6) is 0.131. The zero-order chi connectivity index (χ0) is 12.2. The molecule has 0 aromatic carbocycles. The molecule has 0 aliphatic heterocycles. The molecule has 4 heteroatoms. The largest absolute Gasteiger partial charge is 0.359 e. The van der Waals surface area contributed by atoms with Gasteiger partial charge in [0, 0.05) is 13.0 Å². The lowest BCUT2D eigenvalue weighted by atomic mass is 9.81. The number of nitrogens with one attached hydrogen (secondary N) is 1. The molecule has 2 atom stereocenters. The first-order valence-corrected chi connectivity index (χ1v) is 6.07. The summed E-state index contributed by atoms with van der Waals surface area (Å²) < 4.78 is 0. The van der Waals surface area contributed by atoms with Crippen LogP contribution in [0.25, 0.3) is 0 Å². The maximum atomic E-state index is 11.5. The van der Waals surface area contributed by atoms with Gasteiger partial charge in [-0.1, -0.05) is 18.6 Å². The summed E-state index contributed by atoms with van der Waals surface area (Å²) >= 11 is 3.92. The van der Waals surface area contributed by atoms with Crippen LogP contribution in [0.15, 0.2) is 12.2 Å². The lowest BCUT2D eigenvalue weighted by Crippen LogP contribution is -2.29. The van der Waals surface area contributed by atoms with Crippen LogP contribution in [0.5, 0.6) is 0 Å². The molecule has 0 heterocycles. The van der Waals surface area contributed by atoms with Crippen LogP contribution in [0, 0.1) is 11.3 Å². The highest BCUT2D eigenvalue weighted by Crippen LogP contribution is 2.32. The Morgan fingerprint density at radius 3 is 2.75 bits per heavy atom. The summed E-state index contributed by atoms with van der Waals surface area (Å²) in [5, 5.41) is 2.58. The van der Waals surface area contributed by atoms with Gasteiger partial charge in [-0.15, -0.1) is 12.6 Å². The molecule has 2 unspecified atom stereocenters. The van der Waals surface area contributed by atoms with Crippen molar-refractivity contribution in [2.75, 3.05) is 7.05 Å². The Kier molecular flexibility index (Phi) is 4.59. The molecule has 0 aromatic heterocycles. The standard InChI is InChI=1S/C12H19NO2S/c1-12(11(15)16)7-3-5-9(6-4-8-12)10(14)13-2/h3,7,9H,4-6,8H2,1-2H3,(H,13,14)(H,15,16)/b7-3+. The Morgan fingerprint density at radius 1 is 1.50 bits per heavy atom. The fraction of sp³-hybridized carbons (Fsp3) is 0.667. The number of carbonyl (C=O) groups is 2. The number of allylic oxidation sites excluding steroid dienone is 2. The molecule has 16 heavy (non-hydrogen) atoms. The van der Waals surface area contributed by atoms with E-state index in [-0.39, 0.29) is 16.9 Å². The first-order chi connectivity index (χ1) is 7.49. The van der Waals surface area contributed by atoms with E-state index in [0.29, 0.717) is 6.42 Å². The highest BCUT2D eigenvalue weighted by Gasteiger charge is 2.29. The maximum Gasteiger partial charge on any atom is 0.223 e. The third-order valence-electron chi connectivity index (χ3n) is 3.26. The molecule has 0 saturated heterocycles. The Labute approximate surface area is 102 Å². The zero-order valence-electron chi connectivity index (χ0n) is 9.82. The smallest absolute Gasteiger partial charge is 0.223 e. The minimum Gasteiger partial charge on any atom is -0.359 e. The first-order valence-electron chi connectivity index (χ1n) is 5.62. The van der Waals surface area contributed by atoms with E-state index in [1.165, 1.54) is 0 Å². The average molecular weight is 241 g/mol. The van der Waals surface area contributed by atoms with Gasteiger partial charge in [0.15, 0.2) is 5.12 Å². The Balaban J connectivity index is 2.72. The van der Waals surface area contributed by atoms with E-state index in [2.05, 4.69) is 17.9 Å². The van der Waals surface area contributed by atoms with Crippen molar-refractivity contribution < 1.29 is 9.59 Å². The second-order valence-electron chi connectivity index (χ2n) is 4.56. The summed E-state index contributed by atoms with van der Waals surface area (Å²) in [7, 11) is 1.66. The van der Waals surface area contributed by atoms with Gasteiger partial charge in [-0.25, -0.2) is 0 Å².